The number of hydrogen-bond donors (Lipinski definition) is 9. The van der Waals surface area contributed by atoms with Crippen LogP contribution in [0, 0.1) is 0 Å². The van der Waals surface area contributed by atoms with Gasteiger partial charge in [0.2, 0.25) is 12.0 Å². The number of phenols is 6. The molecular formula is C30H27O14+. The zero-order valence-electron chi connectivity index (χ0n) is 22.5. The molecule has 230 valence electrons. The molecule has 1 aliphatic heterocycles. The van der Waals surface area contributed by atoms with Crippen molar-refractivity contribution >= 4 is 23.0 Å². The first-order valence-electron chi connectivity index (χ1n) is 13.0. The van der Waals surface area contributed by atoms with E-state index < -0.39 is 66.3 Å². The lowest BCUT2D eigenvalue weighted by atomic mass is 9.99. The van der Waals surface area contributed by atoms with Gasteiger partial charge in [-0.05, 0) is 35.9 Å². The predicted molar refractivity (Wildman–Crippen MR) is 150 cm³/mol. The molecule has 0 amide bonds. The summed E-state index contributed by atoms with van der Waals surface area (Å²) >= 11 is 0. The molecule has 1 fully saturated rings. The maximum absolute atomic E-state index is 12.3. The lowest BCUT2D eigenvalue weighted by Crippen LogP contribution is -2.60. The summed E-state index contributed by atoms with van der Waals surface area (Å²) in [6.45, 7) is -0.588. The van der Waals surface area contributed by atoms with E-state index in [2.05, 4.69) is 0 Å². The maximum atomic E-state index is 12.3. The fraction of sp³-hybridized carbons (Fsp3) is 0.200. The lowest BCUT2D eigenvalue weighted by molar-refractivity contribution is -0.278. The first-order chi connectivity index (χ1) is 20.9. The third-order valence-electron chi connectivity index (χ3n) is 6.77. The van der Waals surface area contributed by atoms with E-state index in [0.29, 0.717) is 5.56 Å². The molecule has 3 unspecified atom stereocenters. The van der Waals surface area contributed by atoms with Gasteiger partial charge in [0.15, 0.2) is 23.0 Å². The molecule has 5 rings (SSSR count). The second-order valence-corrected chi connectivity index (χ2v) is 9.86. The van der Waals surface area contributed by atoms with Gasteiger partial charge in [-0.1, -0.05) is 6.07 Å². The van der Waals surface area contributed by atoms with E-state index >= 15 is 0 Å². The van der Waals surface area contributed by atoms with Crippen LogP contribution < -0.4 is 4.74 Å². The number of ether oxygens (including phenoxy) is 3. The summed E-state index contributed by atoms with van der Waals surface area (Å²) in [6, 6.07) is 11.1. The van der Waals surface area contributed by atoms with Crippen molar-refractivity contribution in [1.82, 2.24) is 0 Å². The van der Waals surface area contributed by atoms with E-state index in [1.54, 1.807) is 0 Å². The predicted octanol–water partition coefficient (Wildman–Crippen LogP) is 2.06. The number of phenolic OH excluding ortho intramolecular Hbond substituents is 6. The summed E-state index contributed by atoms with van der Waals surface area (Å²) in [7, 11) is 0. The monoisotopic (exact) mass is 611 g/mol. The van der Waals surface area contributed by atoms with Crippen molar-refractivity contribution in [2.45, 2.75) is 30.7 Å². The van der Waals surface area contributed by atoms with Crippen LogP contribution in [-0.4, -0.2) is 89.2 Å². The van der Waals surface area contributed by atoms with Crippen LogP contribution >= 0.6 is 0 Å². The van der Waals surface area contributed by atoms with Crippen molar-refractivity contribution in [3.8, 4) is 51.6 Å². The number of aliphatic hydroxyl groups is 3. The molecule has 0 bridgehead atoms. The van der Waals surface area contributed by atoms with Gasteiger partial charge in [-0.15, -0.1) is 0 Å². The number of aliphatic hydroxyl groups excluding tert-OH is 3. The topological polar surface area (TPSA) is 238 Å². The molecule has 1 aromatic heterocycles. The first kappa shape index (κ1) is 30.2. The number of benzene rings is 3. The van der Waals surface area contributed by atoms with E-state index in [0.717, 1.165) is 18.2 Å². The SMILES string of the molecule is O=C(/C=C/c1ccc(O)c(O)c1)OCC1O[C@@H](Oc2cc3c(O)cc(O)cc3[o+]c2-c2ccc(O)c(O)c2)C(O)C(O)[C@@H]1O. The van der Waals surface area contributed by atoms with E-state index in [-0.39, 0.29) is 39.5 Å². The molecule has 14 nitrogen and oxygen atoms in total. The summed E-state index contributed by atoms with van der Waals surface area (Å²) in [5, 5.41) is 90.8. The molecule has 0 saturated carbocycles. The average Bonchev–Trinajstić information content (AvgIpc) is 2.98. The third-order valence-corrected chi connectivity index (χ3v) is 6.77. The Labute approximate surface area is 247 Å². The molecule has 0 radical (unpaired) electrons. The fourth-order valence-electron chi connectivity index (χ4n) is 4.44. The normalized spacial score (nSPS) is 21.8. The largest absolute Gasteiger partial charge is 0.507 e. The minimum atomic E-state index is -1.83. The summed E-state index contributed by atoms with van der Waals surface area (Å²) < 4.78 is 22.5. The highest BCUT2D eigenvalue weighted by Gasteiger charge is 2.46. The highest BCUT2D eigenvalue weighted by atomic mass is 16.7. The molecule has 1 saturated heterocycles. The zero-order chi connectivity index (χ0) is 31.7. The van der Waals surface area contributed by atoms with E-state index in [4.69, 9.17) is 18.6 Å². The standard InChI is InChI=1S/C30H26O14/c31-15-9-19(34)16-11-23(29(42-22(16)10-15)14-3-5-18(33)21(36)8-14)43-30-28(40)27(39)26(38)24(44-30)12-41-25(37)6-2-13-1-4-17(32)20(35)7-13/h1-11,24,26-28,30,38-40H,12H2,(H5-,31,32,33,34,35,36,37)/p+1/t24?,26-,27?,28?,30-/m1/s1. The summed E-state index contributed by atoms with van der Waals surface area (Å²) in [5.41, 5.74) is 0.529. The molecule has 1 aliphatic rings. The lowest BCUT2D eigenvalue weighted by Gasteiger charge is -2.39. The molecule has 4 aromatic rings. The van der Waals surface area contributed by atoms with Crippen LogP contribution in [0.3, 0.4) is 0 Å². The first-order valence-corrected chi connectivity index (χ1v) is 13.0. The smallest absolute Gasteiger partial charge is 0.402 e. The number of hydrogen-bond acceptors (Lipinski definition) is 13. The maximum Gasteiger partial charge on any atom is 0.402 e. The number of aromatic hydroxyl groups is 6. The van der Waals surface area contributed by atoms with Gasteiger partial charge < -0.3 is 60.2 Å². The summed E-state index contributed by atoms with van der Waals surface area (Å²) in [5.74, 6) is -3.55. The summed E-state index contributed by atoms with van der Waals surface area (Å²) in [4.78, 5) is 12.3. The number of fused-ring (bicyclic) bond motifs is 1. The second kappa shape index (κ2) is 12.1. The fourth-order valence-corrected chi connectivity index (χ4v) is 4.44. The van der Waals surface area contributed by atoms with Crippen molar-refractivity contribution in [2.75, 3.05) is 6.61 Å². The second-order valence-electron chi connectivity index (χ2n) is 9.86. The minimum Gasteiger partial charge on any atom is -0.507 e. The van der Waals surface area contributed by atoms with Gasteiger partial charge in [-0.3, -0.25) is 0 Å². The molecule has 9 N–H and O–H groups in total. The van der Waals surface area contributed by atoms with Crippen molar-refractivity contribution in [3.05, 3.63) is 66.2 Å². The van der Waals surface area contributed by atoms with E-state index in [9.17, 15) is 50.8 Å². The Bertz CT molecular complexity index is 1740. The molecule has 0 aliphatic carbocycles. The van der Waals surface area contributed by atoms with Crippen molar-refractivity contribution in [3.63, 3.8) is 0 Å². The third kappa shape index (κ3) is 6.23. The Morgan fingerprint density at radius 2 is 1.50 bits per heavy atom. The number of esters is 1. The van der Waals surface area contributed by atoms with Gasteiger partial charge in [0, 0.05) is 24.3 Å². The Morgan fingerprint density at radius 3 is 2.20 bits per heavy atom. The minimum absolute atomic E-state index is 0.00153. The van der Waals surface area contributed by atoms with Crippen molar-refractivity contribution in [2.24, 2.45) is 0 Å². The van der Waals surface area contributed by atoms with Crippen LogP contribution in [0.5, 0.6) is 40.2 Å². The number of rotatable bonds is 7. The Balaban J connectivity index is 1.39. The van der Waals surface area contributed by atoms with Gasteiger partial charge in [-0.2, -0.15) is 0 Å². The molecule has 3 aromatic carbocycles. The van der Waals surface area contributed by atoms with Crippen LogP contribution in [0.2, 0.25) is 0 Å². The van der Waals surface area contributed by atoms with E-state index in [1.165, 1.54) is 48.5 Å². The van der Waals surface area contributed by atoms with Crippen LogP contribution in [0.15, 0.2) is 65.1 Å². The van der Waals surface area contributed by atoms with Crippen molar-refractivity contribution in [1.29, 1.82) is 0 Å². The molecule has 2 heterocycles. The molecule has 44 heavy (non-hydrogen) atoms. The number of carbonyl (C=O) groups excluding carboxylic acids is 1. The van der Waals surface area contributed by atoms with Gasteiger partial charge in [0.05, 0.1) is 11.6 Å². The Kier molecular flexibility index (Phi) is 8.33. The van der Waals surface area contributed by atoms with Gasteiger partial charge >= 0.3 is 17.3 Å². The van der Waals surface area contributed by atoms with Crippen molar-refractivity contribution < 1.29 is 69.4 Å². The molecule has 5 atom stereocenters. The van der Waals surface area contributed by atoms with Crippen LogP contribution in [0.4, 0.5) is 0 Å². The van der Waals surface area contributed by atoms with Crippen LogP contribution in [0.1, 0.15) is 5.56 Å². The van der Waals surface area contributed by atoms with Crippen LogP contribution in [-0.2, 0) is 14.3 Å². The highest BCUT2D eigenvalue weighted by molar-refractivity contribution is 5.89. The molecule has 14 heteroatoms. The van der Waals surface area contributed by atoms with Crippen LogP contribution in [0.25, 0.3) is 28.4 Å². The average molecular weight is 612 g/mol. The highest BCUT2D eigenvalue weighted by Crippen LogP contribution is 2.42. The van der Waals surface area contributed by atoms with Gasteiger partial charge in [-0.25, -0.2) is 9.21 Å². The summed E-state index contributed by atoms with van der Waals surface area (Å²) in [6.07, 6.45) is -6.13. The molecular weight excluding hydrogens is 584 g/mol. The molecule has 0 spiro atoms. The number of carbonyl (C=O) groups is 1. The Morgan fingerprint density at radius 1 is 0.795 bits per heavy atom. The Hall–Kier alpha value is -5.28. The quantitative estimate of drug-likeness (QED) is 0.0629. The van der Waals surface area contributed by atoms with Gasteiger partial charge in [0.1, 0.15) is 47.9 Å². The van der Waals surface area contributed by atoms with Gasteiger partial charge in [0.25, 0.3) is 0 Å². The van der Waals surface area contributed by atoms with E-state index in [1.807, 2.05) is 0 Å². The zero-order valence-corrected chi connectivity index (χ0v) is 22.5.